The Morgan fingerprint density at radius 1 is 1.22 bits per heavy atom. The first-order chi connectivity index (χ1) is 8.66. The summed E-state index contributed by atoms with van der Waals surface area (Å²) < 4.78 is 5.27. The molecule has 1 heterocycles. The summed E-state index contributed by atoms with van der Waals surface area (Å²) in [4.78, 5) is 0. The van der Waals surface area contributed by atoms with Crippen molar-refractivity contribution in [3.05, 3.63) is 17.0 Å². The summed E-state index contributed by atoms with van der Waals surface area (Å²) in [7, 11) is 0. The van der Waals surface area contributed by atoms with Crippen LogP contribution in [0, 0.1) is 25.7 Å². The van der Waals surface area contributed by atoms with Crippen molar-refractivity contribution >= 4 is 0 Å². The summed E-state index contributed by atoms with van der Waals surface area (Å²) in [5.74, 6) is 3.41. The van der Waals surface area contributed by atoms with Gasteiger partial charge < -0.3 is 9.84 Å². The zero-order chi connectivity index (χ0) is 12.7. The van der Waals surface area contributed by atoms with Gasteiger partial charge in [0.05, 0.1) is 5.69 Å². The van der Waals surface area contributed by atoms with E-state index < -0.39 is 0 Å². The monoisotopic (exact) mass is 248 g/mol. The number of aryl methyl sites for hydroxylation is 2. The van der Waals surface area contributed by atoms with E-state index in [9.17, 15) is 0 Å². The smallest absolute Gasteiger partial charge is 0.137 e. The molecule has 1 unspecified atom stereocenters. The van der Waals surface area contributed by atoms with Gasteiger partial charge in [-0.2, -0.15) is 0 Å². The summed E-state index contributed by atoms with van der Waals surface area (Å²) in [6, 6.07) is 0.785. The van der Waals surface area contributed by atoms with Crippen LogP contribution < -0.4 is 5.32 Å². The highest BCUT2D eigenvalue weighted by Gasteiger charge is 2.41. The molecule has 100 valence electrons. The van der Waals surface area contributed by atoms with E-state index in [1.807, 2.05) is 13.8 Å². The van der Waals surface area contributed by atoms with Crippen LogP contribution in [-0.2, 0) is 0 Å². The third-order valence-electron chi connectivity index (χ3n) is 4.50. The fourth-order valence-electron chi connectivity index (χ4n) is 3.24. The Morgan fingerprint density at radius 2 is 1.83 bits per heavy atom. The molecule has 2 aliphatic carbocycles. The van der Waals surface area contributed by atoms with Crippen LogP contribution >= 0.6 is 0 Å². The van der Waals surface area contributed by atoms with Crippen LogP contribution in [0.15, 0.2) is 4.52 Å². The third-order valence-corrected chi connectivity index (χ3v) is 4.50. The van der Waals surface area contributed by atoms with E-state index in [0.717, 1.165) is 35.9 Å². The Bertz CT molecular complexity index is 387. The van der Waals surface area contributed by atoms with Crippen LogP contribution in [-0.4, -0.2) is 17.7 Å². The number of hydrogen-bond acceptors (Lipinski definition) is 3. The van der Waals surface area contributed by atoms with Crippen molar-refractivity contribution in [1.29, 1.82) is 0 Å². The molecule has 2 fully saturated rings. The van der Waals surface area contributed by atoms with Gasteiger partial charge in [-0.25, -0.2) is 0 Å². The summed E-state index contributed by atoms with van der Waals surface area (Å²) in [5.41, 5.74) is 2.35. The SMILES string of the molecule is Cc1noc(C)c1C(C)CNC(C1CC1)C1CC1. The predicted molar refractivity (Wildman–Crippen MR) is 71.6 cm³/mol. The van der Waals surface area contributed by atoms with Crippen LogP contribution in [0.4, 0.5) is 0 Å². The maximum Gasteiger partial charge on any atom is 0.137 e. The average molecular weight is 248 g/mol. The van der Waals surface area contributed by atoms with E-state index in [1.165, 1.54) is 31.2 Å². The predicted octanol–water partition coefficient (Wildman–Crippen LogP) is 3.17. The minimum atomic E-state index is 0.497. The van der Waals surface area contributed by atoms with Gasteiger partial charge in [-0.15, -0.1) is 0 Å². The molecule has 1 aromatic heterocycles. The first kappa shape index (κ1) is 12.2. The van der Waals surface area contributed by atoms with Crippen molar-refractivity contribution in [3.8, 4) is 0 Å². The maximum absolute atomic E-state index is 5.27. The maximum atomic E-state index is 5.27. The molecule has 1 aromatic rings. The molecular formula is C15H24N2O. The fraction of sp³-hybridized carbons (Fsp3) is 0.800. The van der Waals surface area contributed by atoms with Crippen molar-refractivity contribution < 1.29 is 4.52 Å². The molecule has 1 atom stereocenters. The lowest BCUT2D eigenvalue weighted by molar-refractivity contribution is 0.388. The van der Waals surface area contributed by atoms with E-state index in [0.29, 0.717) is 5.92 Å². The van der Waals surface area contributed by atoms with Gasteiger partial charge in [0.2, 0.25) is 0 Å². The quantitative estimate of drug-likeness (QED) is 0.840. The Kier molecular flexibility index (Phi) is 3.18. The minimum absolute atomic E-state index is 0.497. The van der Waals surface area contributed by atoms with E-state index in [4.69, 9.17) is 4.52 Å². The molecule has 0 aliphatic heterocycles. The van der Waals surface area contributed by atoms with Crippen LogP contribution in [0.1, 0.15) is 55.5 Å². The largest absolute Gasteiger partial charge is 0.361 e. The first-order valence-corrected chi connectivity index (χ1v) is 7.33. The van der Waals surface area contributed by atoms with Crippen LogP contribution in [0.25, 0.3) is 0 Å². The molecule has 18 heavy (non-hydrogen) atoms. The van der Waals surface area contributed by atoms with Crippen LogP contribution in [0.5, 0.6) is 0 Å². The van der Waals surface area contributed by atoms with Gasteiger partial charge >= 0.3 is 0 Å². The topological polar surface area (TPSA) is 38.1 Å². The average Bonchev–Trinajstić information content (AvgIpc) is 3.21. The molecule has 1 N–H and O–H groups in total. The Morgan fingerprint density at radius 3 is 2.28 bits per heavy atom. The third kappa shape index (κ3) is 2.46. The van der Waals surface area contributed by atoms with E-state index in [1.54, 1.807) is 0 Å². The second-order valence-electron chi connectivity index (χ2n) is 6.25. The highest BCUT2D eigenvalue weighted by atomic mass is 16.5. The zero-order valence-electron chi connectivity index (χ0n) is 11.7. The second kappa shape index (κ2) is 4.69. The minimum Gasteiger partial charge on any atom is -0.361 e. The summed E-state index contributed by atoms with van der Waals surface area (Å²) in [5, 5.41) is 7.87. The molecule has 2 saturated carbocycles. The van der Waals surface area contributed by atoms with E-state index >= 15 is 0 Å². The molecule has 3 heteroatoms. The van der Waals surface area contributed by atoms with Crippen LogP contribution in [0.3, 0.4) is 0 Å². The van der Waals surface area contributed by atoms with Crippen molar-refractivity contribution in [2.45, 2.75) is 58.4 Å². The van der Waals surface area contributed by atoms with Gasteiger partial charge in [0.25, 0.3) is 0 Å². The number of rotatable bonds is 6. The van der Waals surface area contributed by atoms with Crippen molar-refractivity contribution in [3.63, 3.8) is 0 Å². The van der Waals surface area contributed by atoms with Crippen LogP contribution in [0.2, 0.25) is 0 Å². The molecule has 0 bridgehead atoms. The molecule has 0 saturated heterocycles. The lowest BCUT2D eigenvalue weighted by Crippen LogP contribution is -2.35. The second-order valence-corrected chi connectivity index (χ2v) is 6.25. The number of hydrogen-bond donors (Lipinski definition) is 1. The summed E-state index contributed by atoms with van der Waals surface area (Å²) in [6.45, 7) is 7.39. The Labute approximate surface area is 109 Å². The van der Waals surface area contributed by atoms with Gasteiger partial charge in [0.15, 0.2) is 0 Å². The van der Waals surface area contributed by atoms with Gasteiger partial charge in [-0.05, 0) is 57.3 Å². The molecular weight excluding hydrogens is 224 g/mol. The summed E-state index contributed by atoms with van der Waals surface area (Å²) >= 11 is 0. The van der Waals surface area contributed by atoms with Crippen molar-refractivity contribution in [2.24, 2.45) is 11.8 Å². The Hall–Kier alpha value is -0.830. The number of nitrogens with zero attached hydrogens (tertiary/aromatic N) is 1. The molecule has 0 amide bonds. The molecule has 0 radical (unpaired) electrons. The molecule has 3 rings (SSSR count). The van der Waals surface area contributed by atoms with Gasteiger partial charge in [0.1, 0.15) is 5.76 Å². The number of nitrogens with one attached hydrogen (secondary N) is 1. The zero-order valence-corrected chi connectivity index (χ0v) is 11.7. The fourth-order valence-corrected chi connectivity index (χ4v) is 3.24. The molecule has 0 aromatic carbocycles. The van der Waals surface area contributed by atoms with E-state index in [2.05, 4.69) is 17.4 Å². The number of aromatic nitrogens is 1. The van der Waals surface area contributed by atoms with Gasteiger partial charge in [0, 0.05) is 18.2 Å². The molecule has 2 aliphatic rings. The lowest BCUT2D eigenvalue weighted by atomic mass is 9.98. The molecule has 0 spiro atoms. The van der Waals surface area contributed by atoms with Crippen molar-refractivity contribution in [1.82, 2.24) is 10.5 Å². The highest BCUT2D eigenvalue weighted by Crippen LogP contribution is 2.44. The van der Waals surface area contributed by atoms with Gasteiger partial charge in [-0.3, -0.25) is 0 Å². The van der Waals surface area contributed by atoms with Gasteiger partial charge in [-0.1, -0.05) is 12.1 Å². The molecule has 3 nitrogen and oxygen atoms in total. The highest BCUT2D eigenvalue weighted by molar-refractivity contribution is 5.25. The first-order valence-electron chi connectivity index (χ1n) is 7.33. The van der Waals surface area contributed by atoms with Crippen molar-refractivity contribution in [2.75, 3.05) is 6.54 Å². The summed E-state index contributed by atoms with van der Waals surface area (Å²) in [6.07, 6.45) is 5.75. The lowest BCUT2D eigenvalue weighted by Gasteiger charge is -2.20. The standard InChI is InChI=1S/C15H24N2O/c1-9(14-10(2)17-18-11(14)3)8-16-15(12-4-5-12)13-6-7-13/h9,12-13,15-16H,4-8H2,1-3H3. The normalized spacial score (nSPS) is 21.6. The Balaban J connectivity index is 1.58. The van der Waals surface area contributed by atoms with E-state index in [-0.39, 0.29) is 0 Å².